The zero-order chi connectivity index (χ0) is 20.3. The van der Waals surface area contributed by atoms with E-state index in [0.29, 0.717) is 11.2 Å². The minimum Gasteiger partial charge on any atom is -0.371 e. The van der Waals surface area contributed by atoms with Gasteiger partial charge in [0.1, 0.15) is 5.56 Å². The van der Waals surface area contributed by atoms with Crippen LogP contribution >= 0.6 is 0 Å². The molecule has 2 aromatic heterocycles. The first-order chi connectivity index (χ1) is 14.8. The fourth-order valence-electron chi connectivity index (χ4n) is 4.01. The Hall–Kier alpha value is -3.67. The smallest absolute Gasteiger partial charge is 0.261 e. The third kappa shape index (κ3) is 3.52. The number of carbonyl (C=O) groups is 1. The largest absolute Gasteiger partial charge is 0.371 e. The molecule has 3 heterocycles. The van der Waals surface area contributed by atoms with Gasteiger partial charge in [0.25, 0.3) is 5.91 Å². The first kappa shape index (κ1) is 18.4. The van der Waals surface area contributed by atoms with Gasteiger partial charge in [-0.15, -0.1) is 0 Å². The number of nitrogens with one attached hydrogen (secondary N) is 1. The lowest BCUT2D eigenvalue weighted by Gasteiger charge is -2.29. The number of fused-ring (bicyclic) bond motifs is 1. The van der Waals surface area contributed by atoms with Crippen molar-refractivity contribution in [3.05, 3.63) is 78.6 Å². The molecule has 1 aliphatic heterocycles. The predicted molar refractivity (Wildman–Crippen MR) is 119 cm³/mol. The molecule has 1 N–H and O–H groups in total. The van der Waals surface area contributed by atoms with Gasteiger partial charge in [0.05, 0.1) is 11.9 Å². The zero-order valence-corrected chi connectivity index (χ0v) is 16.7. The van der Waals surface area contributed by atoms with Crippen LogP contribution in [0.25, 0.3) is 16.9 Å². The molecule has 2 aromatic carbocycles. The molecule has 0 aliphatic carbocycles. The van der Waals surface area contributed by atoms with Crippen LogP contribution in [0.15, 0.2) is 73.1 Å². The Balaban J connectivity index is 1.42. The molecular weight excluding hydrogens is 374 g/mol. The Morgan fingerprint density at radius 3 is 2.60 bits per heavy atom. The molecule has 6 heteroatoms. The van der Waals surface area contributed by atoms with Crippen LogP contribution < -0.4 is 10.2 Å². The van der Waals surface area contributed by atoms with Gasteiger partial charge in [0.15, 0.2) is 5.65 Å². The molecule has 0 unspecified atom stereocenters. The molecule has 30 heavy (non-hydrogen) atoms. The number of hydrogen-bond acceptors (Lipinski definition) is 4. The van der Waals surface area contributed by atoms with Crippen LogP contribution in [-0.4, -0.2) is 33.6 Å². The van der Waals surface area contributed by atoms with Crippen LogP contribution in [0.5, 0.6) is 0 Å². The lowest BCUT2D eigenvalue weighted by Crippen LogP contribution is -2.29. The quantitative estimate of drug-likeness (QED) is 0.545. The van der Waals surface area contributed by atoms with Crippen molar-refractivity contribution in [3.63, 3.8) is 0 Å². The fraction of sp³-hybridized carbons (Fsp3) is 0.208. The van der Waals surface area contributed by atoms with Crippen molar-refractivity contribution in [3.8, 4) is 11.3 Å². The summed E-state index contributed by atoms with van der Waals surface area (Å²) in [5.41, 5.74) is 4.84. The van der Waals surface area contributed by atoms with Crippen molar-refractivity contribution >= 4 is 22.9 Å². The first-order valence-electron chi connectivity index (χ1n) is 10.3. The summed E-state index contributed by atoms with van der Waals surface area (Å²) in [5.74, 6) is -0.210. The van der Waals surface area contributed by atoms with Gasteiger partial charge < -0.3 is 10.2 Å². The molecule has 1 saturated heterocycles. The summed E-state index contributed by atoms with van der Waals surface area (Å²) >= 11 is 0. The van der Waals surface area contributed by atoms with Gasteiger partial charge in [-0.25, -0.2) is 9.50 Å². The maximum absolute atomic E-state index is 13.0. The number of nitrogens with zero attached hydrogens (tertiary/aromatic N) is 4. The van der Waals surface area contributed by atoms with Crippen molar-refractivity contribution in [2.24, 2.45) is 0 Å². The van der Waals surface area contributed by atoms with Crippen LogP contribution in [0.1, 0.15) is 29.6 Å². The van der Waals surface area contributed by atoms with Gasteiger partial charge >= 0.3 is 0 Å². The molecule has 4 aromatic rings. The van der Waals surface area contributed by atoms with Crippen LogP contribution in [-0.2, 0) is 0 Å². The average molecular weight is 397 g/mol. The maximum atomic E-state index is 13.0. The van der Waals surface area contributed by atoms with E-state index in [0.717, 1.165) is 35.7 Å². The highest BCUT2D eigenvalue weighted by atomic mass is 16.1. The Labute approximate surface area is 175 Å². The van der Waals surface area contributed by atoms with E-state index in [-0.39, 0.29) is 5.91 Å². The van der Waals surface area contributed by atoms with Crippen molar-refractivity contribution in [1.82, 2.24) is 14.6 Å². The van der Waals surface area contributed by atoms with E-state index in [2.05, 4.69) is 26.4 Å². The van der Waals surface area contributed by atoms with Crippen molar-refractivity contribution in [2.45, 2.75) is 19.3 Å². The summed E-state index contributed by atoms with van der Waals surface area (Å²) in [6.07, 6.45) is 7.02. The normalized spacial score (nSPS) is 14.1. The standard InChI is InChI=1S/C24H23N5O/c30-24(27-19-10-7-11-20(16-19)28-14-5-2-6-15-28)21-17-26-29-22(12-13-25-23(21)29)18-8-3-1-4-9-18/h1,3-4,7-13,16-17H,2,5-6,14-15H2,(H,27,30). The zero-order valence-electron chi connectivity index (χ0n) is 16.7. The third-order valence-corrected chi connectivity index (χ3v) is 5.54. The van der Waals surface area contributed by atoms with Crippen molar-refractivity contribution < 1.29 is 4.79 Å². The Morgan fingerprint density at radius 2 is 1.77 bits per heavy atom. The number of rotatable bonds is 4. The summed E-state index contributed by atoms with van der Waals surface area (Å²) in [5, 5.41) is 7.45. The second-order valence-electron chi connectivity index (χ2n) is 7.54. The number of benzene rings is 2. The van der Waals surface area contributed by atoms with Crippen LogP contribution in [0.3, 0.4) is 0 Å². The molecule has 1 amide bonds. The summed E-state index contributed by atoms with van der Waals surface area (Å²) in [6, 6.07) is 19.9. The Kier molecular flexibility index (Phi) is 4.89. The number of piperidine rings is 1. The summed E-state index contributed by atoms with van der Waals surface area (Å²) in [6.45, 7) is 2.13. The minimum atomic E-state index is -0.210. The van der Waals surface area contributed by atoms with Crippen LogP contribution in [0.2, 0.25) is 0 Å². The number of aromatic nitrogens is 3. The predicted octanol–water partition coefficient (Wildman–Crippen LogP) is 4.64. The van der Waals surface area contributed by atoms with Crippen LogP contribution in [0.4, 0.5) is 11.4 Å². The van der Waals surface area contributed by atoms with Gasteiger partial charge in [0.2, 0.25) is 0 Å². The Bertz CT molecular complexity index is 1180. The molecular formula is C24H23N5O. The fourth-order valence-corrected chi connectivity index (χ4v) is 4.01. The maximum Gasteiger partial charge on any atom is 0.261 e. The molecule has 0 atom stereocenters. The van der Waals surface area contributed by atoms with Gasteiger partial charge in [0, 0.05) is 36.2 Å². The molecule has 1 aliphatic rings. The van der Waals surface area contributed by atoms with Gasteiger partial charge in [-0.3, -0.25) is 4.79 Å². The van der Waals surface area contributed by atoms with Gasteiger partial charge in [-0.1, -0.05) is 36.4 Å². The molecule has 150 valence electrons. The van der Waals surface area contributed by atoms with Crippen molar-refractivity contribution in [2.75, 3.05) is 23.3 Å². The first-order valence-corrected chi connectivity index (χ1v) is 10.3. The third-order valence-electron chi connectivity index (χ3n) is 5.54. The average Bonchev–Trinajstić information content (AvgIpc) is 3.25. The Morgan fingerprint density at radius 1 is 0.933 bits per heavy atom. The number of carbonyl (C=O) groups excluding carboxylic acids is 1. The van der Waals surface area contributed by atoms with E-state index in [4.69, 9.17) is 0 Å². The van der Waals surface area contributed by atoms with E-state index < -0.39 is 0 Å². The van der Waals surface area contributed by atoms with E-state index in [9.17, 15) is 4.79 Å². The van der Waals surface area contributed by atoms with Gasteiger partial charge in [-0.2, -0.15) is 5.10 Å². The molecule has 0 bridgehead atoms. The highest BCUT2D eigenvalue weighted by Gasteiger charge is 2.17. The highest BCUT2D eigenvalue weighted by molar-refractivity contribution is 6.08. The molecule has 0 saturated carbocycles. The van der Waals surface area contributed by atoms with Crippen molar-refractivity contribution in [1.29, 1.82) is 0 Å². The number of anilines is 2. The van der Waals surface area contributed by atoms with E-state index >= 15 is 0 Å². The molecule has 0 radical (unpaired) electrons. The molecule has 5 rings (SSSR count). The van der Waals surface area contributed by atoms with Gasteiger partial charge in [-0.05, 0) is 43.5 Å². The summed E-state index contributed by atoms with van der Waals surface area (Å²) < 4.78 is 1.72. The molecule has 0 spiro atoms. The van der Waals surface area contributed by atoms with Crippen LogP contribution in [0, 0.1) is 0 Å². The van der Waals surface area contributed by atoms with E-state index in [1.807, 2.05) is 54.6 Å². The monoisotopic (exact) mass is 397 g/mol. The highest BCUT2D eigenvalue weighted by Crippen LogP contribution is 2.24. The van der Waals surface area contributed by atoms with E-state index in [1.165, 1.54) is 19.3 Å². The second kappa shape index (κ2) is 7.99. The topological polar surface area (TPSA) is 62.5 Å². The second-order valence-corrected chi connectivity index (χ2v) is 7.54. The lowest BCUT2D eigenvalue weighted by molar-refractivity contribution is 0.102. The number of amides is 1. The minimum absolute atomic E-state index is 0.210. The molecule has 6 nitrogen and oxygen atoms in total. The molecule has 1 fully saturated rings. The SMILES string of the molecule is O=C(Nc1cccc(N2CCCCC2)c1)c1cnn2c(-c3ccccc3)ccnc12. The number of hydrogen-bond donors (Lipinski definition) is 1. The van der Waals surface area contributed by atoms with E-state index in [1.54, 1.807) is 16.9 Å². The lowest BCUT2D eigenvalue weighted by atomic mass is 10.1. The summed E-state index contributed by atoms with van der Waals surface area (Å²) in [7, 11) is 0. The summed E-state index contributed by atoms with van der Waals surface area (Å²) in [4.78, 5) is 19.8.